The SMILES string of the molecule is O=C(O)CCc1c(OC(=O)O)[nH]c2cc(Cl)ccc12. The molecule has 0 saturated carbocycles. The number of aromatic nitrogens is 1. The average Bonchev–Trinajstić information content (AvgIpc) is 2.61. The maximum absolute atomic E-state index is 10.6. The van der Waals surface area contributed by atoms with Crippen molar-refractivity contribution >= 4 is 34.6 Å². The molecule has 0 aliphatic rings. The minimum atomic E-state index is -1.46. The third-order valence-electron chi connectivity index (χ3n) is 2.61. The summed E-state index contributed by atoms with van der Waals surface area (Å²) in [6, 6.07) is 4.96. The number of ether oxygens (including phenoxy) is 1. The quantitative estimate of drug-likeness (QED) is 0.749. The van der Waals surface area contributed by atoms with E-state index in [1.165, 1.54) is 0 Å². The van der Waals surface area contributed by atoms with Crippen LogP contribution in [0.5, 0.6) is 5.88 Å². The largest absolute Gasteiger partial charge is 0.512 e. The maximum Gasteiger partial charge on any atom is 0.512 e. The topological polar surface area (TPSA) is 99.6 Å². The molecule has 0 atom stereocenters. The van der Waals surface area contributed by atoms with E-state index in [4.69, 9.17) is 21.8 Å². The monoisotopic (exact) mass is 283 g/mol. The number of fused-ring (bicyclic) bond motifs is 1. The zero-order valence-corrected chi connectivity index (χ0v) is 10.4. The summed E-state index contributed by atoms with van der Waals surface area (Å²) < 4.78 is 4.63. The maximum atomic E-state index is 10.6. The molecule has 2 aromatic rings. The Hall–Kier alpha value is -2.21. The van der Waals surface area contributed by atoms with E-state index in [9.17, 15) is 9.59 Å². The van der Waals surface area contributed by atoms with Crippen molar-refractivity contribution in [2.75, 3.05) is 0 Å². The van der Waals surface area contributed by atoms with Gasteiger partial charge in [0.15, 0.2) is 0 Å². The second-order valence-corrected chi connectivity index (χ2v) is 4.32. The van der Waals surface area contributed by atoms with Crippen LogP contribution in [0.4, 0.5) is 4.79 Å². The van der Waals surface area contributed by atoms with E-state index >= 15 is 0 Å². The van der Waals surface area contributed by atoms with Gasteiger partial charge in [-0.25, -0.2) is 4.79 Å². The number of aryl methyl sites for hydroxylation is 1. The second kappa shape index (κ2) is 5.19. The zero-order valence-electron chi connectivity index (χ0n) is 9.64. The molecule has 100 valence electrons. The lowest BCUT2D eigenvalue weighted by Gasteiger charge is -2.01. The fraction of sp³-hybridized carbons (Fsp3) is 0.167. The highest BCUT2D eigenvalue weighted by atomic mass is 35.5. The molecule has 7 heteroatoms. The van der Waals surface area contributed by atoms with Crippen LogP contribution in [0.15, 0.2) is 18.2 Å². The predicted molar refractivity (Wildman–Crippen MR) is 67.9 cm³/mol. The van der Waals surface area contributed by atoms with E-state index in [2.05, 4.69) is 9.72 Å². The zero-order chi connectivity index (χ0) is 14.0. The number of carbonyl (C=O) groups is 2. The van der Waals surface area contributed by atoms with E-state index in [1.807, 2.05) is 0 Å². The fourth-order valence-corrected chi connectivity index (χ4v) is 2.03. The van der Waals surface area contributed by atoms with Gasteiger partial charge < -0.3 is 19.9 Å². The molecule has 0 saturated heterocycles. The minimum absolute atomic E-state index is 0.0333. The van der Waals surface area contributed by atoms with Crippen molar-refractivity contribution in [1.82, 2.24) is 4.98 Å². The van der Waals surface area contributed by atoms with Gasteiger partial charge in [0.2, 0.25) is 5.88 Å². The van der Waals surface area contributed by atoms with Gasteiger partial charge in [-0.15, -0.1) is 0 Å². The first-order valence-corrected chi connectivity index (χ1v) is 5.78. The number of rotatable bonds is 4. The summed E-state index contributed by atoms with van der Waals surface area (Å²) in [6.07, 6.45) is -1.42. The molecule has 6 nitrogen and oxygen atoms in total. The van der Waals surface area contributed by atoms with Gasteiger partial charge in [-0.1, -0.05) is 17.7 Å². The molecule has 0 radical (unpaired) electrons. The molecule has 0 bridgehead atoms. The minimum Gasteiger partial charge on any atom is -0.481 e. The van der Waals surface area contributed by atoms with E-state index in [-0.39, 0.29) is 18.7 Å². The molecule has 3 N–H and O–H groups in total. The molecule has 1 heterocycles. The lowest BCUT2D eigenvalue weighted by molar-refractivity contribution is -0.136. The molecule has 1 aromatic heterocycles. The van der Waals surface area contributed by atoms with Crippen LogP contribution < -0.4 is 4.74 Å². The Labute approximate surface area is 112 Å². The number of carboxylic acid groups (broad SMARTS) is 2. The highest BCUT2D eigenvalue weighted by Crippen LogP contribution is 2.31. The number of aliphatic carboxylic acids is 1. The lowest BCUT2D eigenvalue weighted by Crippen LogP contribution is -2.06. The molecule has 0 amide bonds. The molecular formula is C12H10ClNO5. The van der Waals surface area contributed by atoms with Crippen LogP contribution in [-0.2, 0) is 11.2 Å². The fourth-order valence-electron chi connectivity index (χ4n) is 1.86. The summed E-state index contributed by atoms with van der Waals surface area (Å²) in [7, 11) is 0. The van der Waals surface area contributed by atoms with Gasteiger partial charge in [0.05, 0.1) is 5.52 Å². The molecule has 0 aliphatic heterocycles. The molecule has 19 heavy (non-hydrogen) atoms. The molecule has 0 spiro atoms. The van der Waals surface area contributed by atoms with Crippen LogP contribution in [-0.4, -0.2) is 27.3 Å². The van der Waals surface area contributed by atoms with Gasteiger partial charge in [-0.05, 0) is 18.6 Å². The molecule has 0 aliphatic carbocycles. The Morgan fingerprint density at radius 2 is 2.05 bits per heavy atom. The van der Waals surface area contributed by atoms with Crippen LogP contribution in [0.25, 0.3) is 10.9 Å². The van der Waals surface area contributed by atoms with Crippen molar-refractivity contribution in [3.05, 3.63) is 28.8 Å². The Bertz CT molecular complexity index is 649. The normalized spacial score (nSPS) is 10.6. The summed E-state index contributed by atoms with van der Waals surface area (Å²) >= 11 is 5.84. The van der Waals surface area contributed by atoms with Crippen LogP contribution in [0, 0.1) is 0 Å². The number of hydrogen-bond acceptors (Lipinski definition) is 3. The van der Waals surface area contributed by atoms with Crippen LogP contribution in [0.3, 0.4) is 0 Å². The first-order valence-electron chi connectivity index (χ1n) is 5.40. The molecular weight excluding hydrogens is 274 g/mol. The Morgan fingerprint density at radius 1 is 1.32 bits per heavy atom. The third kappa shape index (κ3) is 2.97. The smallest absolute Gasteiger partial charge is 0.481 e. The highest BCUT2D eigenvalue weighted by molar-refractivity contribution is 6.31. The van der Waals surface area contributed by atoms with E-state index in [0.29, 0.717) is 21.5 Å². The standard InChI is InChI=1S/C12H10ClNO5/c13-6-1-2-7-8(3-4-10(15)16)11(19-12(17)18)14-9(7)5-6/h1-2,5,14H,3-4H2,(H,15,16)(H,17,18). The summed E-state index contributed by atoms with van der Waals surface area (Å²) in [5.41, 5.74) is 1.11. The number of carboxylic acids is 1. The van der Waals surface area contributed by atoms with Gasteiger partial charge in [0, 0.05) is 22.4 Å². The van der Waals surface area contributed by atoms with Crippen LogP contribution >= 0.6 is 11.6 Å². The average molecular weight is 284 g/mol. The van der Waals surface area contributed by atoms with Gasteiger partial charge >= 0.3 is 12.1 Å². The van der Waals surface area contributed by atoms with Crippen molar-refractivity contribution in [3.63, 3.8) is 0 Å². The van der Waals surface area contributed by atoms with Crippen molar-refractivity contribution < 1.29 is 24.5 Å². The van der Waals surface area contributed by atoms with Crippen molar-refractivity contribution in [2.24, 2.45) is 0 Å². The number of H-pyrrole nitrogens is 1. The van der Waals surface area contributed by atoms with Crippen LogP contribution in [0.2, 0.25) is 5.02 Å². The van der Waals surface area contributed by atoms with Gasteiger partial charge in [0.1, 0.15) is 0 Å². The number of hydrogen-bond donors (Lipinski definition) is 3. The van der Waals surface area contributed by atoms with E-state index < -0.39 is 12.1 Å². The second-order valence-electron chi connectivity index (χ2n) is 3.88. The van der Waals surface area contributed by atoms with Gasteiger partial charge in [0.25, 0.3) is 0 Å². The Kier molecular flexibility index (Phi) is 3.62. The van der Waals surface area contributed by atoms with Crippen molar-refractivity contribution in [3.8, 4) is 5.88 Å². The number of aromatic amines is 1. The number of nitrogens with one attached hydrogen (secondary N) is 1. The molecule has 1 aromatic carbocycles. The first-order chi connectivity index (χ1) is 8.97. The Morgan fingerprint density at radius 3 is 2.68 bits per heavy atom. The lowest BCUT2D eigenvalue weighted by atomic mass is 10.1. The van der Waals surface area contributed by atoms with Gasteiger partial charge in [-0.3, -0.25) is 4.79 Å². The summed E-state index contributed by atoms with van der Waals surface area (Å²) in [6.45, 7) is 0. The molecule has 0 unspecified atom stereocenters. The molecule has 0 fully saturated rings. The van der Waals surface area contributed by atoms with E-state index in [0.717, 1.165) is 0 Å². The summed E-state index contributed by atoms with van der Waals surface area (Å²) in [5.74, 6) is -0.935. The van der Waals surface area contributed by atoms with Gasteiger partial charge in [-0.2, -0.15) is 0 Å². The van der Waals surface area contributed by atoms with Crippen LogP contribution in [0.1, 0.15) is 12.0 Å². The van der Waals surface area contributed by atoms with Crippen molar-refractivity contribution in [1.29, 1.82) is 0 Å². The number of benzene rings is 1. The third-order valence-corrected chi connectivity index (χ3v) is 2.84. The van der Waals surface area contributed by atoms with E-state index in [1.54, 1.807) is 18.2 Å². The van der Waals surface area contributed by atoms with Crippen molar-refractivity contribution in [2.45, 2.75) is 12.8 Å². The summed E-state index contributed by atoms with van der Waals surface area (Å²) in [4.78, 5) is 24.0. The predicted octanol–water partition coefficient (Wildman–Crippen LogP) is 2.90. The number of halogens is 1. The Balaban J connectivity index is 2.47. The first kappa shape index (κ1) is 13.2. The highest BCUT2D eigenvalue weighted by Gasteiger charge is 2.16. The molecule has 2 rings (SSSR count). The summed E-state index contributed by atoms with van der Waals surface area (Å²) in [5, 5.41) is 18.6.